The van der Waals surface area contributed by atoms with E-state index < -0.39 is 0 Å². The van der Waals surface area contributed by atoms with E-state index in [1.807, 2.05) is 30.3 Å². The average Bonchev–Trinajstić information content (AvgIpc) is 3.23. The summed E-state index contributed by atoms with van der Waals surface area (Å²) in [6.07, 6.45) is 1.44. The topological polar surface area (TPSA) is 77.2 Å². The zero-order valence-corrected chi connectivity index (χ0v) is 15.2. The number of nitrogens with zero attached hydrogens (tertiary/aromatic N) is 2. The molecule has 0 saturated carbocycles. The molecule has 0 spiro atoms. The normalized spacial score (nSPS) is 10.5. The number of aromatic nitrogens is 2. The van der Waals surface area contributed by atoms with Crippen molar-refractivity contribution in [1.82, 2.24) is 15.5 Å². The Kier molecular flexibility index (Phi) is 5.29. The maximum absolute atomic E-state index is 13.0. The van der Waals surface area contributed by atoms with Crippen LogP contribution in [-0.2, 0) is 6.54 Å². The summed E-state index contributed by atoms with van der Waals surface area (Å²) < 4.78 is 23.8. The number of benzene rings is 2. The molecule has 0 atom stereocenters. The summed E-state index contributed by atoms with van der Waals surface area (Å²) in [4.78, 5) is 16.5. The Labute approximate surface area is 166 Å². The minimum Gasteiger partial charge on any atom is -0.439 e. The summed E-state index contributed by atoms with van der Waals surface area (Å²) in [5.41, 5.74) is 1.69. The van der Waals surface area contributed by atoms with Gasteiger partial charge in [-0.25, -0.2) is 9.37 Å². The number of halogens is 1. The number of amides is 1. The first kappa shape index (κ1) is 18.4. The van der Waals surface area contributed by atoms with Crippen LogP contribution in [0, 0.1) is 5.82 Å². The largest absolute Gasteiger partial charge is 0.439 e. The van der Waals surface area contributed by atoms with E-state index in [-0.39, 0.29) is 18.3 Å². The highest BCUT2D eigenvalue weighted by molar-refractivity contribution is 5.93. The second-order valence-corrected chi connectivity index (χ2v) is 6.17. The van der Waals surface area contributed by atoms with Crippen LogP contribution in [0.2, 0.25) is 0 Å². The van der Waals surface area contributed by atoms with E-state index in [1.165, 1.54) is 18.3 Å². The van der Waals surface area contributed by atoms with Crippen molar-refractivity contribution in [1.29, 1.82) is 0 Å². The van der Waals surface area contributed by atoms with Crippen LogP contribution in [0.1, 0.15) is 16.1 Å². The SMILES string of the molecule is O=C(NCc1cc(-c2ccc(F)cc2)no1)c1ccc(Oc2ccccc2)nc1. The highest BCUT2D eigenvalue weighted by Gasteiger charge is 2.10. The van der Waals surface area contributed by atoms with Gasteiger partial charge in [-0.3, -0.25) is 4.79 Å². The molecule has 2 aromatic heterocycles. The standard InChI is InChI=1S/C22H16FN3O3/c23-17-9-6-15(7-10-17)20-12-19(29-26-20)14-25-22(27)16-8-11-21(24-13-16)28-18-4-2-1-3-5-18/h1-13H,14H2,(H,25,27). The second-order valence-electron chi connectivity index (χ2n) is 6.17. The predicted octanol–water partition coefficient (Wildman–Crippen LogP) is 4.60. The lowest BCUT2D eigenvalue weighted by molar-refractivity contribution is 0.0946. The van der Waals surface area contributed by atoms with Gasteiger partial charge in [-0.2, -0.15) is 0 Å². The Morgan fingerprint density at radius 3 is 2.55 bits per heavy atom. The van der Waals surface area contributed by atoms with E-state index in [2.05, 4.69) is 15.5 Å². The second kappa shape index (κ2) is 8.35. The van der Waals surface area contributed by atoms with E-state index >= 15 is 0 Å². The fourth-order valence-corrected chi connectivity index (χ4v) is 2.61. The number of pyridine rings is 1. The molecule has 0 radical (unpaired) electrons. The molecule has 0 saturated heterocycles. The molecule has 2 aromatic carbocycles. The molecule has 0 fully saturated rings. The van der Waals surface area contributed by atoms with Gasteiger partial charge in [0, 0.05) is 23.9 Å². The molecule has 0 aliphatic rings. The molecular formula is C22H16FN3O3. The monoisotopic (exact) mass is 389 g/mol. The smallest absolute Gasteiger partial charge is 0.253 e. The summed E-state index contributed by atoms with van der Waals surface area (Å²) in [6.45, 7) is 0.162. The van der Waals surface area contributed by atoms with Gasteiger partial charge in [-0.05, 0) is 42.5 Å². The van der Waals surface area contributed by atoms with Gasteiger partial charge in [0.15, 0.2) is 5.76 Å². The van der Waals surface area contributed by atoms with Crippen LogP contribution >= 0.6 is 0 Å². The summed E-state index contributed by atoms with van der Waals surface area (Å²) in [5.74, 6) is 0.920. The fourth-order valence-electron chi connectivity index (χ4n) is 2.61. The Balaban J connectivity index is 1.34. The Hall–Kier alpha value is -4.00. The van der Waals surface area contributed by atoms with Gasteiger partial charge in [0.1, 0.15) is 17.3 Å². The molecule has 1 amide bonds. The molecule has 7 heteroatoms. The van der Waals surface area contributed by atoms with E-state index in [0.717, 1.165) is 5.56 Å². The molecule has 0 aliphatic heterocycles. The highest BCUT2D eigenvalue weighted by atomic mass is 19.1. The minimum absolute atomic E-state index is 0.162. The number of carbonyl (C=O) groups excluding carboxylic acids is 1. The van der Waals surface area contributed by atoms with E-state index in [0.29, 0.717) is 28.6 Å². The number of ether oxygens (including phenoxy) is 1. The Morgan fingerprint density at radius 2 is 1.83 bits per heavy atom. The minimum atomic E-state index is -0.321. The molecule has 29 heavy (non-hydrogen) atoms. The Morgan fingerprint density at radius 1 is 1.03 bits per heavy atom. The van der Waals surface area contributed by atoms with E-state index in [1.54, 1.807) is 30.3 Å². The Bertz CT molecular complexity index is 1090. The lowest BCUT2D eigenvalue weighted by atomic mass is 10.1. The number of hydrogen-bond donors (Lipinski definition) is 1. The van der Waals surface area contributed by atoms with Crippen molar-refractivity contribution < 1.29 is 18.4 Å². The first-order valence-corrected chi connectivity index (χ1v) is 8.86. The molecule has 4 rings (SSSR count). The van der Waals surface area contributed by atoms with Crippen molar-refractivity contribution in [2.24, 2.45) is 0 Å². The van der Waals surface area contributed by atoms with Crippen LogP contribution in [0.25, 0.3) is 11.3 Å². The van der Waals surface area contributed by atoms with Crippen LogP contribution in [0.3, 0.4) is 0 Å². The predicted molar refractivity (Wildman–Crippen MR) is 104 cm³/mol. The van der Waals surface area contributed by atoms with Crippen molar-refractivity contribution in [2.45, 2.75) is 6.54 Å². The third-order valence-electron chi connectivity index (χ3n) is 4.09. The van der Waals surface area contributed by atoms with Crippen molar-refractivity contribution in [2.75, 3.05) is 0 Å². The third-order valence-corrected chi connectivity index (χ3v) is 4.09. The zero-order valence-electron chi connectivity index (χ0n) is 15.2. The van der Waals surface area contributed by atoms with Crippen LogP contribution in [-0.4, -0.2) is 16.0 Å². The third kappa shape index (κ3) is 4.65. The van der Waals surface area contributed by atoms with Crippen LogP contribution < -0.4 is 10.1 Å². The lowest BCUT2D eigenvalue weighted by Crippen LogP contribution is -2.22. The average molecular weight is 389 g/mol. The number of hydrogen-bond acceptors (Lipinski definition) is 5. The summed E-state index contributed by atoms with van der Waals surface area (Å²) in [6, 6.07) is 20.1. The molecule has 0 unspecified atom stereocenters. The van der Waals surface area contributed by atoms with Crippen molar-refractivity contribution in [3.05, 3.63) is 96.1 Å². The first-order chi connectivity index (χ1) is 14.2. The lowest BCUT2D eigenvalue weighted by Gasteiger charge is -2.06. The van der Waals surface area contributed by atoms with Gasteiger partial charge in [-0.15, -0.1) is 0 Å². The van der Waals surface area contributed by atoms with Gasteiger partial charge < -0.3 is 14.6 Å². The fraction of sp³-hybridized carbons (Fsp3) is 0.0455. The van der Waals surface area contributed by atoms with E-state index in [9.17, 15) is 9.18 Å². The molecule has 4 aromatic rings. The van der Waals surface area contributed by atoms with Crippen molar-refractivity contribution in [3.8, 4) is 22.9 Å². The van der Waals surface area contributed by atoms with Crippen LogP contribution in [0.15, 0.2) is 83.5 Å². The van der Waals surface area contributed by atoms with Gasteiger partial charge in [0.25, 0.3) is 5.91 Å². The summed E-state index contributed by atoms with van der Waals surface area (Å²) in [7, 11) is 0. The summed E-state index contributed by atoms with van der Waals surface area (Å²) in [5, 5.41) is 6.69. The van der Waals surface area contributed by atoms with E-state index in [4.69, 9.17) is 9.26 Å². The van der Waals surface area contributed by atoms with Crippen molar-refractivity contribution in [3.63, 3.8) is 0 Å². The zero-order chi connectivity index (χ0) is 20.1. The number of rotatable bonds is 6. The number of para-hydroxylation sites is 1. The van der Waals surface area contributed by atoms with Gasteiger partial charge in [-0.1, -0.05) is 23.4 Å². The summed E-state index contributed by atoms with van der Waals surface area (Å²) >= 11 is 0. The molecule has 2 heterocycles. The van der Waals surface area contributed by atoms with Crippen LogP contribution in [0.4, 0.5) is 4.39 Å². The quantitative estimate of drug-likeness (QED) is 0.522. The maximum Gasteiger partial charge on any atom is 0.253 e. The number of nitrogens with one attached hydrogen (secondary N) is 1. The van der Waals surface area contributed by atoms with Gasteiger partial charge in [0.05, 0.1) is 12.1 Å². The molecule has 0 aliphatic carbocycles. The molecule has 144 valence electrons. The molecule has 6 nitrogen and oxygen atoms in total. The maximum atomic E-state index is 13.0. The molecule has 0 bridgehead atoms. The highest BCUT2D eigenvalue weighted by Crippen LogP contribution is 2.20. The molecule has 1 N–H and O–H groups in total. The first-order valence-electron chi connectivity index (χ1n) is 8.86. The molecular weight excluding hydrogens is 373 g/mol. The van der Waals surface area contributed by atoms with Gasteiger partial charge >= 0.3 is 0 Å². The van der Waals surface area contributed by atoms with Crippen LogP contribution in [0.5, 0.6) is 11.6 Å². The number of carbonyl (C=O) groups is 1. The van der Waals surface area contributed by atoms with Gasteiger partial charge in [0.2, 0.25) is 5.88 Å². The van der Waals surface area contributed by atoms with Crippen molar-refractivity contribution >= 4 is 5.91 Å².